The molecule has 1 fully saturated rings. The lowest BCUT2D eigenvalue weighted by Crippen LogP contribution is -2.50. The summed E-state index contributed by atoms with van der Waals surface area (Å²) >= 11 is 0. The number of aromatic nitrogens is 2. The zero-order valence-electron chi connectivity index (χ0n) is 13.9. The maximum Gasteiger partial charge on any atom is 0.271 e. The van der Waals surface area contributed by atoms with Crippen molar-refractivity contribution in [3.05, 3.63) is 54.6 Å². The summed E-state index contributed by atoms with van der Waals surface area (Å²) in [6.45, 7) is 6.89. The summed E-state index contributed by atoms with van der Waals surface area (Å²) in [4.78, 5) is 24.8. The first-order valence-electron chi connectivity index (χ1n) is 8.31. The number of rotatable bonds is 5. The Hall–Kier alpha value is -2.47. The van der Waals surface area contributed by atoms with Crippen molar-refractivity contribution >= 4 is 11.6 Å². The van der Waals surface area contributed by atoms with Gasteiger partial charge in [-0.25, -0.2) is 4.98 Å². The molecule has 1 amide bonds. The van der Waals surface area contributed by atoms with E-state index in [2.05, 4.69) is 49.4 Å². The van der Waals surface area contributed by atoms with Crippen LogP contribution in [-0.4, -0.2) is 59.5 Å². The van der Waals surface area contributed by atoms with Gasteiger partial charge < -0.3 is 10.2 Å². The molecule has 0 saturated carbocycles. The van der Waals surface area contributed by atoms with Crippen LogP contribution in [0.5, 0.6) is 0 Å². The van der Waals surface area contributed by atoms with Gasteiger partial charge in [0, 0.05) is 56.8 Å². The second kappa shape index (κ2) is 7.88. The van der Waals surface area contributed by atoms with E-state index in [0.29, 0.717) is 5.69 Å². The Labute approximate surface area is 142 Å². The third kappa shape index (κ3) is 4.29. The molecule has 1 aromatic carbocycles. The summed E-state index contributed by atoms with van der Waals surface area (Å²) in [6.07, 6.45) is 4.58. The van der Waals surface area contributed by atoms with Crippen LogP contribution in [0.15, 0.2) is 48.9 Å². The quantitative estimate of drug-likeness (QED) is 0.901. The molecule has 0 spiro atoms. The molecular formula is C18H23N5O. The number of carbonyl (C=O) groups excluding carboxylic acids is 1. The molecule has 1 saturated heterocycles. The number of nitrogens with one attached hydrogen (secondary N) is 1. The molecular weight excluding hydrogens is 302 g/mol. The van der Waals surface area contributed by atoms with Crippen LogP contribution in [0, 0.1) is 0 Å². The molecule has 126 valence electrons. The van der Waals surface area contributed by atoms with Crippen LogP contribution < -0.4 is 10.2 Å². The molecule has 0 radical (unpaired) electrons. The third-order valence-electron chi connectivity index (χ3n) is 4.20. The summed E-state index contributed by atoms with van der Waals surface area (Å²) in [7, 11) is 0. The predicted octanol–water partition coefficient (Wildman–Crippen LogP) is 1.42. The van der Waals surface area contributed by atoms with E-state index in [1.807, 2.05) is 13.0 Å². The Morgan fingerprint density at radius 3 is 2.58 bits per heavy atom. The number of hydrogen-bond donors (Lipinski definition) is 1. The minimum absolute atomic E-state index is 0.0720. The van der Waals surface area contributed by atoms with Gasteiger partial charge in [-0.15, -0.1) is 0 Å². The Balaban J connectivity index is 1.45. The van der Waals surface area contributed by atoms with Crippen LogP contribution in [0.25, 0.3) is 0 Å². The van der Waals surface area contributed by atoms with Crippen LogP contribution in [-0.2, 0) is 0 Å². The van der Waals surface area contributed by atoms with Gasteiger partial charge in [-0.3, -0.25) is 14.7 Å². The highest BCUT2D eigenvalue weighted by molar-refractivity contribution is 5.92. The van der Waals surface area contributed by atoms with E-state index in [-0.39, 0.29) is 11.9 Å². The topological polar surface area (TPSA) is 61.4 Å². The molecule has 24 heavy (non-hydrogen) atoms. The van der Waals surface area contributed by atoms with E-state index in [4.69, 9.17) is 0 Å². The number of benzene rings is 1. The fourth-order valence-corrected chi connectivity index (χ4v) is 2.97. The minimum atomic E-state index is -0.168. The van der Waals surface area contributed by atoms with Crippen LogP contribution >= 0.6 is 0 Å². The van der Waals surface area contributed by atoms with Gasteiger partial charge in [0.05, 0.1) is 6.20 Å². The summed E-state index contributed by atoms with van der Waals surface area (Å²) < 4.78 is 0. The molecule has 1 aliphatic rings. The number of para-hydroxylation sites is 1. The Morgan fingerprint density at radius 2 is 1.92 bits per heavy atom. The second-order valence-corrected chi connectivity index (χ2v) is 6.09. The van der Waals surface area contributed by atoms with Gasteiger partial charge in [0.2, 0.25) is 0 Å². The van der Waals surface area contributed by atoms with Crippen molar-refractivity contribution in [2.24, 2.45) is 0 Å². The fraction of sp³-hybridized carbons (Fsp3) is 0.389. The molecule has 0 bridgehead atoms. The third-order valence-corrected chi connectivity index (χ3v) is 4.20. The van der Waals surface area contributed by atoms with Gasteiger partial charge >= 0.3 is 0 Å². The zero-order valence-corrected chi connectivity index (χ0v) is 13.9. The smallest absolute Gasteiger partial charge is 0.271 e. The Bertz CT molecular complexity index is 641. The zero-order chi connectivity index (χ0) is 16.8. The second-order valence-electron chi connectivity index (χ2n) is 6.09. The molecule has 1 aliphatic heterocycles. The summed E-state index contributed by atoms with van der Waals surface area (Å²) in [5, 5.41) is 2.99. The van der Waals surface area contributed by atoms with Gasteiger partial charge in [0.1, 0.15) is 5.69 Å². The molecule has 1 atom stereocenters. The van der Waals surface area contributed by atoms with Crippen molar-refractivity contribution < 1.29 is 4.79 Å². The summed E-state index contributed by atoms with van der Waals surface area (Å²) in [5.41, 5.74) is 1.64. The lowest BCUT2D eigenvalue weighted by molar-refractivity contribution is 0.0922. The molecule has 6 heteroatoms. The highest BCUT2D eigenvalue weighted by atomic mass is 16.1. The molecule has 3 rings (SSSR count). The maximum atomic E-state index is 12.1. The van der Waals surface area contributed by atoms with Crippen molar-refractivity contribution in [1.29, 1.82) is 0 Å². The average molecular weight is 325 g/mol. The Kier molecular flexibility index (Phi) is 5.38. The van der Waals surface area contributed by atoms with Crippen LogP contribution in [0.4, 0.5) is 5.69 Å². The summed E-state index contributed by atoms with van der Waals surface area (Å²) in [5.74, 6) is -0.168. The van der Waals surface area contributed by atoms with Crippen molar-refractivity contribution in [1.82, 2.24) is 20.2 Å². The van der Waals surface area contributed by atoms with E-state index in [0.717, 1.165) is 32.7 Å². The lowest BCUT2D eigenvalue weighted by Gasteiger charge is -2.37. The standard InChI is InChI=1S/C18H23N5O/c1-15(21-18(24)17-13-19-7-8-20-17)14-22-9-11-23(12-10-22)16-5-3-2-4-6-16/h2-8,13,15H,9-12,14H2,1H3,(H,21,24)/t15-/m0/s1. The number of piperazine rings is 1. The van der Waals surface area contributed by atoms with Crippen LogP contribution in [0.3, 0.4) is 0 Å². The number of nitrogens with zero attached hydrogens (tertiary/aromatic N) is 4. The van der Waals surface area contributed by atoms with Crippen molar-refractivity contribution in [3.8, 4) is 0 Å². The van der Waals surface area contributed by atoms with Crippen molar-refractivity contribution in [2.45, 2.75) is 13.0 Å². The number of anilines is 1. The fourth-order valence-electron chi connectivity index (χ4n) is 2.97. The molecule has 0 unspecified atom stereocenters. The van der Waals surface area contributed by atoms with Gasteiger partial charge in [0.25, 0.3) is 5.91 Å². The predicted molar refractivity (Wildman–Crippen MR) is 94.1 cm³/mol. The normalized spacial score (nSPS) is 16.6. The monoisotopic (exact) mass is 325 g/mol. The van der Waals surface area contributed by atoms with E-state index in [9.17, 15) is 4.79 Å². The first-order valence-corrected chi connectivity index (χ1v) is 8.31. The van der Waals surface area contributed by atoms with E-state index >= 15 is 0 Å². The highest BCUT2D eigenvalue weighted by Crippen LogP contribution is 2.15. The molecule has 1 N–H and O–H groups in total. The van der Waals surface area contributed by atoms with Crippen molar-refractivity contribution in [3.63, 3.8) is 0 Å². The summed E-state index contributed by atoms with van der Waals surface area (Å²) in [6, 6.07) is 10.6. The van der Waals surface area contributed by atoms with Gasteiger partial charge in [-0.2, -0.15) is 0 Å². The van der Waals surface area contributed by atoms with Crippen molar-refractivity contribution in [2.75, 3.05) is 37.6 Å². The number of amides is 1. The minimum Gasteiger partial charge on any atom is -0.369 e. The van der Waals surface area contributed by atoms with Crippen LogP contribution in [0.1, 0.15) is 17.4 Å². The SMILES string of the molecule is C[C@@H](CN1CCN(c2ccccc2)CC1)NC(=O)c1cnccn1. The molecule has 2 heterocycles. The average Bonchev–Trinajstić information content (AvgIpc) is 2.64. The van der Waals surface area contributed by atoms with Crippen LogP contribution in [0.2, 0.25) is 0 Å². The largest absolute Gasteiger partial charge is 0.369 e. The molecule has 1 aromatic heterocycles. The van der Waals surface area contributed by atoms with Gasteiger partial charge in [-0.1, -0.05) is 18.2 Å². The highest BCUT2D eigenvalue weighted by Gasteiger charge is 2.20. The van der Waals surface area contributed by atoms with E-state index in [1.54, 1.807) is 6.20 Å². The Morgan fingerprint density at radius 1 is 1.17 bits per heavy atom. The first kappa shape index (κ1) is 16.4. The molecule has 2 aromatic rings. The molecule has 6 nitrogen and oxygen atoms in total. The maximum absolute atomic E-state index is 12.1. The van der Waals surface area contributed by atoms with Gasteiger partial charge in [0.15, 0.2) is 0 Å². The number of hydrogen-bond acceptors (Lipinski definition) is 5. The van der Waals surface area contributed by atoms with E-state index in [1.165, 1.54) is 18.1 Å². The lowest BCUT2D eigenvalue weighted by atomic mass is 10.2. The van der Waals surface area contributed by atoms with E-state index < -0.39 is 0 Å². The molecule has 0 aliphatic carbocycles. The number of carbonyl (C=O) groups is 1. The van der Waals surface area contributed by atoms with Gasteiger partial charge in [-0.05, 0) is 19.1 Å². The first-order chi connectivity index (χ1) is 11.7.